The summed E-state index contributed by atoms with van der Waals surface area (Å²) in [6.45, 7) is 3.94. The molecule has 0 spiro atoms. The van der Waals surface area contributed by atoms with Gasteiger partial charge >= 0.3 is 0 Å². The van der Waals surface area contributed by atoms with Crippen LogP contribution in [0.4, 0.5) is 4.39 Å². The number of halogens is 2. The van der Waals surface area contributed by atoms with Crippen LogP contribution in [0.3, 0.4) is 0 Å². The average Bonchev–Trinajstić information content (AvgIpc) is 3.05. The molecule has 128 valence electrons. The molecule has 4 rings (SSSR count). The van der Waals surface area contributed by atoms with Crippen LogP contribution >= 0.6 is 15.9 Å². The van der Waals surface area contributed by atoms with Gasteiger partial charge in [-0.3, -0.25) is 4.90 Å². The van der Waals surface area contributed by atoms with Crippen LogP contribution in [-0.4, -0.2) is 17.0 Å². The standard InChI is InChI=1S/C20H18BrFN2O/c1-12(24-10-13-5-3-4-6-14(13)11-24)19-18(21)20(25-2)16-9-15(22)7-8-17(16)23-19/h3-9,12H,10-11H2,1-2H3. The largest absolute Gasteiger partial charge is 0.495 e. The first-order chi connectivity index (χ1) is 12.1. The third-order valence-electron chi connectivity index (χ3n) is 4.88. The topological polar surface area (TPSA) is 25.4 Å². The predicted octanol–water partition coefficient (Wildman–Crippen LogP) is 5.22. The quantitative estimate of drug-likeness (QED) is 0.602. The predicted molar refractivity (Wildman–Crippen MR) is 100 cm³/mol. The van der Waals surface area contributed by atoms with E-state index >= 15 is 0 Å². The van der Waals surface area contributed by atoms with Gasteiger partial charge in [-0.05, 0) is 52.2 Å². The van der Waals surface area contributed by atoms with Crippen molar-refractivity contribution in [2.24, 2.45) is 0 Å². The van der Waals surface area contributed by atoms with Gasteiger partial charge in [-0.15, -0.1) is 0 Å². The lowest BCUT2D eigenvalue weighted by atomic mass is 10.1. The molecule has 3 aromatic rings. The molecule has 0 saturated carbocycles. The number of methoxy groups -OCH3 is 1. The van der Waals surface area contributed by atoms with Crippen LogP contribution in [0.1, 0.15) is 29.8 Å². The van der Waals surface area contributed by atoms with Gasteiger partial charge in [0.1, 0.15) is 11.6 Å². The second kappa shape index (κ2) is 6.39. The lowest BCUT2D eigenvalue weighted by Gasteiger charge is -2.25. The van der Waals surface area contributed by atoms with E-state index in [1.54, 1.807) is 13.2 Å². The summed E-state index contributed by atoms with van der Waals surface area (Å²) in [5, 5.41) is 0.676. The number of hydrogen-bond donors (Lipinski definition) is 0. The average molecular weight is 401 g/mol. The number of pyridine rings is 1. The van der Waals surface area contributed by atoms with Gasteiger partial charge in [0.15, 0.2) is 0 Å². The van der Waals surface area contributed by atoms with Gasteiger partial charge in [0.2, 0.25) is 0 Å². The minimum atomic E-state index is -0.296. The molecule has 5 heteroatoms. The van der Waals surface area contributed by atoms with E-state index in [4.69, 9.17) is 9.72 Å². The van der Waals surface area contributed by atoms with Crippen LogP contribution in [-0.2, 0) is 13.1 Å². The Hall–Kier alpha value is -1.98. The second-order valence-electron chi connectivity index (χ2n) is 6.36. The molecular formula is C20H18BrFN2O. The maximum atomic E-state index is 13.6. The van der Waals surface area contributed by atoms with Crippen molar-refractivity contribution in [1.29, 1.82) is 0 Å². The second-order valence-corrected chi connectivity index (χ2v) is 7.15. The van der Waals surface area contributed by atoms with Crippen LogP contribution in [0, 0.1) is 5.82 Å². The summed E-state index contributed by atoms with van der Waals surface area (Å²) in [5.74, 6) is 0.332. The minimum Gasteiger partial charge on any atom is -0.495 e. The molecule has 0 radical (unpaired) electrons. The highest BCUT2D eigenvalue weighted by atomic mass is 79.9. The normalized spacial score (nSPS) is 15.4. The highest BCUT2D eigenvalue weighted by molar-refractivity contribution is 9.10. The SMILES string of the molecule is COc1c(Br)c(C(C)N2Cc3ccccc3C2)nc2ccc(F)cc12. The van der Waals surface area contributed by atoms with E-state index in [9.17, 15) is 4.39 Å². The summed E-state index contributed by atoms with van der Waals surface area (Å²) in [5.41, 5.74) is 4.37. The van der Waals surface area contributed by atoms with E-state index in [0.29, 0.717) is 11.1 Å². The van der Waals surface area contributed by atoms with E-state index < -0.39 is 0 Å². The Morgan fingerprint density at radius 2 is 1.84 bits per heavy atom. The van der Waals surface area contributed by atoms with Crippen molar-refractivity contribution >= 4 is 26.8 Å². The maximum absolute atomic E-state index is 13.6. The molecule has 1 unspecified atom stereocenters. The molecule has 2 heterocycles. The molecule has 3 nitrogen and oxygen atoms in total. The van der Waals surface area contributed by atoms with Crippen molar-refractivity contribution in [2.45, 2.75) is 26.1 Å². The van der Waals surface area contributed by atoms with Crippen molar-refractivity contribution in [3.63, 3.8) is 0 Å². The van der Waals surface area contributed by atoms with Gasteiger partial charge < -0.3 is 4.74 Å². The van der Waals surface area contributed by atoms with E-state index in [0.717, 1.165) is 28.8 Å². The monoisotopic (exact) mass is 400 g/mol. The van der Waals surface area contributed by atoms with Crippen molar-refractivity contribution in [1.82, 2.24) is 9.88 Å². The Kier molecular flexibility index (Phi) is 4.21. The minimum absolute atomic E-state index is 0.102. The fourth-order valence-corrected chi connectivity index (χ4v) is 4.28. The molecule has 1 atom stereocenters. The zero-order chi connectivity index (χ0) is 17.6. The van der Waals surface area contributed by atoms with Crippen LogP contribution in [0.15, 0.2) is 46.9 Å². The van der Waals surface area contributed by atoms with Crippen molar-refractivity contribution in [3.8, 4) is 5.75 Å². The lowest BCUT2D eigenvalue weighted by Crippen LogP contribution is -2.22. The molecule has 0 amide bonds. The van der Waals surface area contributed by atoms with E-state index in [-0.39, 0.29) is 11.9 Å². The fraction of sp³-hybridized carbons (Fsp3) is 0.250. The summed E-state index contributed by atoms with van der Waals surface area (Å²) < 4.78 is 20.0. The summed E-state index contributed by atoms with van der Waals surface area (Å²) in [7, 11) is 1.60. The van der Waals surface area contributed by atoms with Crippen LogP contribution in [0.2, 0.25) is 0 Å². The third kappa shape index (κ3) is 2.81. The van der Waals surface area contributed by atoms with Crippen molar-refractivity contribution in [2.75, 3.05) is 7.11 Å². The molecule has 1 aromatic heterocycles. The number of ether oxygens (including phenoxy) is 1. The third-order valence-corrected chi connectivity index (χ3v) is 5.65. The molecule has 0 fully saturated rings. The number of fused-ring (bicyclic) bond motifs is 2. The zero-order valence-corrected chi connectivity index (χ0v) is 15.7. The summed E-state index contributed by atoms with van der Waals surface area (Å²) >= 11 is 3.63. The summed E-state index contributed by atoms with van der Waals surface area (Å²) in [6, 6.07) is 13.2. The molecule has 2 aromatic carbocycles. The van der Waals surface area contributed by atoms with E-state index in [1.807, 2.05) is 0 Å². The van der Waals surface area contributed by atoms with Gasteiger partial charge in [0.25, 0.3) is 0 Å². The van der Waals surface area contributed by atoms with Crippen LogP contribution < -0.4 is 4.74 Å². The number of hydrogen-bond acceptors (Lipinski definition) is 3. The first kappa shape index (κ1) is 16.5. The molecule has 0 N–H and O–H groups in total. The Labute approximate surface area is 154 Å². The van der Waals surface area contributed by atoms with E-state index in [2.05, 4.69) is 52.0 Å². The Bertz CT molecular complexity index is 935. The number of rotatable bonds is 3. The Balaban J connectivity index is 1.76. The van der Waals surface area contributed by atoms with Crippen molar-refractivity contribution < 1.29 is 9.13 Å². The smallest absolute Gasteiger partial charge is 0.144 e. The van der Waals surface area contributed by atoms with Gasteiger partial charge in [-0.2, -0.15) is 0 Å². The maximum Gasteiger partial charge on any atom is 0.144 e. The molecule has 0 aliphatic carbocycles. The molecule has 0 saturated heterocycles. The zero-order valence-electron chi connectivity index (χ0n) is 14.1. The van der Waals surface area contributed by atoms with E-state index in [1.165, 1.54) is 23.3 Å². The van der Waals surface area contributed by atoms with Crippen molar-refractivity contribution in [3.05, 3.63) is 69.6 Å². The van der Waals surface area contributed by atoms with Gasteiger partial charge in [-0.25, -0.2) is 9.37 Å². The molecular weight excluding hydrogens is 383 g/mol. The number of nitrogens with zero attached hydrogens (tertiary/aromatic N) is 2. The molecule has 25 heavy (non-hydrogen) atoms. The van der Waals surface area contributed by atoms with Gasteiger partial charge in [0.05, 0.1) is 28.8 Å². The summed E-state index contributed by atoms with van der Waals surface area (Å²) in [6.07, 6.45) is 0. The van der Waals surface area contributed by atoms with Crippen LogP contribution in [0.5, 0.6) is 5.75 Å². The Morgan fingerprint density at radius 3 is 2.48 bits per heavy atom. The van der Waals surface area contributed by atoms with Gasteiger partial charge in [-0.1, -0.05) is 24.3 Å². The number of aromatic nitrogens is 1. The highest BCUT2D eigenvalue weighted by Crippen LogP contribution is 2.40. The number of benzene rings is 2. The molecule has 1 aliphatic rings. The Morgan fingerprint density at radius 1 is 1.16 bits per heavy atom. The highest BCUT2D eigenvalue weighted by Gasteiger charge is 2.27. The molecule has 0 bridgehead atoms. The lowest BCUT2D eigenvalue weighted by molar-refractivity contribution is 0.210. The fourth-order valence-electron chi connectivity index (χ4n) is 3.48. The summed E-state index contributed by atoms with van der Waals surface area (Å²) in [4.78, 5) is 7.18. The van der Waals surface area contributed by atoms with Crippen LogP contribution in [0.25, 0.3) is 10.9 Å². The molecule has 1 aliphatic heterocycles. The van der Waals surface area contributed by atoms with Gasteiger partial charge in [0, 0.05) is 18.5 Å². The first-order valence-corrected chi connectivity index (χ1v) is 9.01. The first-order valence-electron chi connectivity index (χ1n) is 8.22.